The molecular weight excluding hydrogens is 210 g/mol. The van der Waals surface area contributed by atoms with E-state index >= 15 is 0 Å². The first-order chi connectivity index (χ1) is 8.15. The lowest BCUT2D eigenvalue weighted by Crippen LogP contribution is -2.32. The zero-order valence-corrected chi connectivity index (χ0v) is 11.6. The van der Waals surface area contributed by atoms with Gasteiger partial charge in [-0.05, 0) is 64.7 Å². The van der Waals surface area contributed by atoms with Gasteiger partial charge in [-0.2, -0.15) is 0 Å². The highest BCUT2D eigenvalue weighted by molar-refractivity contribution is 4.81. The van der Waals surface area contributed by atoms with Gasteiger partial charge in [-0.15, -0.1) is 0 Å². The average Bonchev–Trinajstić information content (AvgIpc) is 2.85. The number of hydrogen-bond donors (Lipinski definition) is 1. The van der Waals surface area contributed by atoms with Gasteiger partial charge in [-0.25, -0.2) is 0 Å². The molecule has 0 bridgehead atoms. The van der Waals surface area contributed by atoms with E-state index < -0.39 is 0 Å². The fraction of sp³-hybridized carbons (Fsp3) is 1.00. The third-order valence-electron chi connectivity index (χ3n) is 4.66. The summed E-state index contributed by atoms with van der Waals surface area (Å²) >= 11 is 0. The summed E-state index contributed by atoms with van der Waals surface area (Å²) in [5.41, 5.74) is 6.12. The fourth-order valence-electron chi connectivity index (χ4n) is 3.52. The van der Waals surface area contributed by atoms with E-state index in [2.05, 4.69) is 23.9 Å². The first-order valence-corrected chi connectivity index (χ1v) is 7.28. The smallest absolute Gasteiger partial charge is 0.00676 e. The van der Waals surface area contributed by atoms with Gasteiger partial charge in [0, 0.05) is 19.1 Å². The summed E-state index contributed by atoms with van der Waals surface area (Å²) in [6.07, 6.45) is 6.65. The molecule has 17 heavy (non-hydrogen) atoms. The average molecular weight is 239 g/mol. The second-order valence-electron chi connectivity index (χ2n) is 6.32. The van der Waals surface area contributed by atoms with Crippen molar-refractivity contribution in [3.8, 4) is 0 Å². The molecular formula is C14H29N3. The molecule has 1 saturated carbocycles. The highest BCUT2D eigenvalue weighted by Gasteiger charge is 2.25. The van der Waals surface area contributed by atoms with Crippen molar-refractivity contribution in [2.45, 2.75) is 38.1 Å². The molecule has 1 aliphatic carbocycles. The molecule has 3 atom stereocenters. The Balaban J connectivity index is 1.62. The number of likely N-dealkylation sites (tertiary alicyclic amines) is 1. The molecule has 1 aliphatic heterocycles. The van der Waals surface area contributed by atoms with E-state index in [1.807, 2.05) is 0 Å². The molecule has 0 amide bonds. The number of nitrogens with two attached hydrogens (primary N) is 1. The Bertz CT molecular complexity index is 232. The van der Waals surface area contributed by atoms with Gasteiger partial charge in [0.05, 0.1) is 0 Å². The first kappa shape index (κ1) is 13.3. The Kier molecular flexibility index (Phi) is 4.83. The monoisotopic (exact) mass is 239 g/mol. The molecule has 2 fully saturated rings. The van der Waals surface area contributed by atoms with Crippen molar-refractivity contribution in [2.75, 3.05) is 40.3 Å². The van der Waals surface area contributed by atoms with Crippen LogP contribution in [-0.4, -0.2) is 56.1 Å². The van der Waals surface area contributed by atoms with E-state index in [9.17, 15) is 0 Å². The van der Waals surface area contributed by atoms with Gasteiger partial charge in [-0.3, -0.25) is 0 Å². The van der Waals surface area contributed by atoms with Crippen molar-refractivity contribution in [3.63, 3.8) is 0 Å². The summed E-state index contributed by atoms with van der Waals surface area (Å²) in [5, 5.41) is 0. The minimum absolute atomic E-state index is 0.487. The van der Waals surface area contributed by atoms with Crippen molar-refractivity contribution in [2.24, 2.45) is 17.6 Å². The second-order valence-corrected chi connectivity index (χ2v) is 6.32. The van der Waals surface area contributed by atoms with Crippen LogP contribution in [0.4, 0.5) is 0 Å². The highest BCUT2D eigenvalue weighted by Crippen LogP contribution is 2.27. The molecule has 2 rings (SSSR count). The Labute approximate surface area is 106 Å². The van der Waals surface area contributed by atoms with Crippen LogP contribution >= 0.6 is 0 Å². The van der Waals surface area contributed by atoms with Crippen LogP contribution in [0.2, 0.25) is 0 Å². The van der Waals surface area contributed by atoms with Gasteiger partial charge < -0.3 is 15.5 Å². The van der Waals surface area contributed by atoms with E-state index in [-0.39, 0.29) is 0 Å². The van der Waals surface area contributed by atoms with Gasteiger partial charge in [0.15, 0.2) is 0 Å². The molecule has 3 unspecified atom stereocenters. The normalized spacial score (nSPS) is 34.9. The van der Waals surface area contributed by atoms with E-state index in [1.54, 1.807) is 0 Å². The largest absolute Gasteiger partial charge is 0.327 e. The van der Waals surface area contributed by atoms with Crippen LogP contribution in [0, 0.1) is 11.8 Å². The zero-order valence-electron chi connectivity index (χ0n) is 11.6. The Morgan fingerprint density at radius 2 is 2.12 bits per heavy atom. The molecule has 100 valence electrons. The topological polar surface area (TPSA) is 32.5 Å². The fourth-order valence-corrected chi connectivity index (χ4v) is 3.52. The van der Waals surface area contributed by atoms with Crippen molar-refractivity contribution >= 4 is 0 Å². The lowest BCUT2D eigenvalue weighted by Gasteiger charge is -2.23. The van der Waals surface area contributed by atoms with Crippen LogP contribution in [0.15, 0.2) is 0 Å². The van der Waals surface area contributed by atoms with Crippen molar-refractivity contribution in [3.05, 3.63) is 0 Å². The maximum Gasteiger partial charge on any atom is 0.00676 e. The van der Waals surface area contributed by atoms with E-state index in [4.69, 9.17) is 5.73 Å². The third kappa shape index (κ3) is 3.94. The van der Waals surface area contributed by atoms with Gasteiger partial charge in [-0.1, -0.05) is 6.42 Å². The Hall–Kier alpha value is -0.120. The van der Waals surface area contributed by atoms with Crippen molar-refractivity contribution in [1.29, 1.82) is 0 Å². The summed E-state index contributed by atoms with van der Waals surface area (Å²) in [6.45, 7) is 5.07. The van der Waals surface area contributed by atoms with Crippen LogP contribution in [0.25, 0.3) is 0 Å². The Morgan fingerprint density at radius 1 is 1.29 bits per heavy atom. The molecule has 0 aromatic heterocycles. The van der Waals surface area contributed by atoms with Crippen LogP contribution < -0.4 is 5.73 Å². The molecule has 1 saturated heterocycles. The second kappa shape index (κ2) is 6.17. The maximum atomic E-state index is 6.12. The molecule has 1 heterocycles. The summed E-state index contributed by atoms with van der Waals surface area (Å²) in [4.78, 5) is 4.97. The molecule has 0 aromatic rings. The zero-order chi connectivity index (χ0) is 12.3. The van der Waals surface area contributed by atoms with Crippen LogP contribution in [0.1, 0.15) is 32.1 Å². The number of nitrogens with zero attached hydrogens (tertiary/aromatic N) is 2. The molecule has 2 N–H and O–H groups in total. The number of rotatable bonds is 5. The molecule has 0 spiro atoms. The van der Waals surface area contributed by atoms with Gasteiger partial charge in [0.25, 0.3) is 0 Å². The first-order valence-electron chi connectivity index (χ1n) is 7.28. The van der Waals surface area contributed by atoms with Crippen LogP contribution in [-0.2, 0) is 0 Å². The lowest BCUT2D eigenvalue weighted by atomic mass is 10.00. The predicted octanol–water partition coefficient (Wildman–Crippen LogP) is 1.39. The van der Waals surface area contributed by atoms with Crippen molar-refractivity contribution in [1.82, 2.24) is 9.80 Å². The van der Waals surface area contributed by atoms with Gasteiger partial charge in [0.2, 0.25) is 0 Å². The quantitative estimate of drug-likeness (QED) is 0.787. The molecule has 2 aliphatic rings. The van der Waals surface area contributed by atoms with E-state index in [1.165, 1.54) is 58.3 Å². The highest BCUT2D eigenvalue weighted by atomic mass is 15.1. The third-order valence-corrected chi connectivity index (χ3v) is 4.66. The summed E-state index contributed by atoms with van der Waals surface area (Å²) in [5.74, 6) is 1.69. The van der Waals surface area contributed by atoms with E-state index in [0.717, 1.165) is 11.8 Å². The molecule has 3 nitrogen and oxygen atoms in total. The number of hydrogen-bond acceptors (Lipinski definition) is 3. The molecule has 3 heteroatoms. The van der Waals surface area contributed by atoms with Gasteiger partial charge >= 0.3 is 0 Å². The van der Waals surface area contributed by atoms with E-state index in [0.29, 0.717) is 6.04 Å². The predicted molar refractivity (Wildman–Crippen MR) is 73.0 cm³/mol. The van der Waals surface area contributed by atoms with Crippen LogP contribution in [0.3, 0.4) is 0 Å². The minimum atomic E-state index is 0.487. The lowest BCUT2D eigenvalue weighted by molar-refractivity contribution is 0.251. The summed E-state index contributed by atoms with van der Waals surface area (Å²) < 4.78 is 0. The van der Waals surface area contributed by atoms with Crippen molar-refractivity contribution < 1.29 is 0 Å². The molecule has 0 aromatic carbocycles. The summed E-state index contributed by atoms with van der Waals surface area (Å²) in [7, 11) is 4.51. The minimum Gasteiger partial charge on any atom is -0.327 e. The standard InChI is InChI=1S/C14H29N3/c1-16-8-6-12(10-16)11-17(2)9-7-13-4-3-5-14(13)15/h12-14H,3-11,15H2,1-2H3. The molecule has 0 radical (unpaired) electrons. The Morgan fingerprint density at radius 3 is 2.71 bits per heavy atom. The van der Waals surface area contributed by atoms with Crippen LogP contribution in [0.5, 0.6) is 0 Å². The maximum absolute atomic E-state index is 6.12. The summed E-state index contributed by atoms with van der Waals surface area (Å²) in [6, 6.07) is 0.487. The SMILES string of the molecule is CN1CCC(CN(C)CCC2CCCC2N)C1. The van der Waals surface area contributed by atoms with Gasteiger partial charge in [0.1, 0.15) is 0 Å².